The summed E-state index contributed by atoms with van der Waals surface area (Å²) in [4.78, 5) is 2.38. The van der Waals surface area contributed by atoms with Gasteiger partial charge in [0, 0.05) is 12.6 Å². The Kier molecular flexibility index (Phi) is 3.92. The van der Waals surface area contributed by atoms with E-state index in [1.807, 2.05) is 0 Å². The topological polar surface area (TPSA) is 3.24 Å². The van der Waals surface area contributed by atoms with Crippen LogP contribution in [0.15, 0.2) is 12.1 Å². The molecule has 0 N–H and O–H groups in total. The first-order valence-electron chi connectivity index (χ1n) is 5.68. The lowest BCUT2D eigenvalue weighted by Gasteiger charge is -2.23. The molecule has 1 aromatic rings. The first-order valence-corrected chi connectivity index (χ1v) is 5.68. The van der Waals surface area contributed by atoms with E-state index in [4.69, 9.17) is 0 Å². The summed E-state index contributed by atoms with van der Waals surface area (Å²) in [6, 6.07) is 5.15. The van der Waals surface area contributed by atoms with Gasteiger partial charge >= 0.3 is 0 Å². The third kappa shape index (κ3) is 3.07. The molecule has 0 aliphatic rings. The lowest BCUT2D eigenvalue weighted by atomic mass is 9.99. The molecular weight excluding hydrogens is 182 g/mol. The summed E-state index contributed by atoms with van der Waals surface area (Å²) < 4.78 is 0. The Morgan fingerprint density at radius 2 is 1.53 bits per heavy atom. The predicted octanol–water partition coefficient (Wildman–Crippen LogP) is 3.45. The molecule has 0 aliphatic heterocycles. The molecule has 0 atom stereocenters. The zero-order chi connectivity index (χ0) is 11.6. The monoisotopic (exact) mass is 205 g/mol. The van der Waals surface area contributed by atoms with Crippen LogP contribution in [0.4, 0.5) is 0 Å². The SMILES string of the molecule is Cc1cc(C)c(CN(C)C(C)C)c(C)c1. The van der Waals surface area contributed by atoms with Crippen molar-refractivity contribution < 1.29 is 0 Å². The molecule has 84 valence electrons. The molecule has 0 unspecified atom stereocenters. The van der Waals surface area contributed by atoms with Gasteiger partial charge in [0.2, 0.25) is 0 Å². The van der Waals surface area contributed by atoms with Crippen LogP contribution in [0, 0.1) is 20.8 Å². The minimum atomic E-state index is 0.602. The van der Waals surface area contributed by atoms with Gasteiger partial charge in [0.25, 0.3) is 0 Å². The van der Waals surface area contributed by atoms with Gasteiger partial charge < -0.3 is 0 Å². The average Bonchev–Trinajstić information content (AvgIpc) is 2.10. The van der Waals surface area contributed by atoms with E-state index in [0.717, 1.165) is 6.54 Å². The Morgan fingerprint density at radius 1 is 1.07 bits per heavy atom. The van der Waals surface area contributed by atoms with Gasteiger partial charge in [-0.25, -0.2) is 0 Å². The van der Waals surface area contributed by atoms with Crippen LogP contribution >= 0.6 is 0 Å². The van der Waals surface area contributed by atoms with E-state index in [-0.39, 0.29) is 0 Å². The maximum absolute atomic E-state index is 2.38. The molecule has 0 spiro atoms. The van der Waals surface area contributed by atoms with E-state index in [0.29, 0.717) is 6.04 Å². The lowest BCUT2D eigenvalue weighted by molar-refractivity contribution is 0.265. The van der Waals surface area contributed by atoms with Crippen LogP contribution in [0.2, 0.25) is 0 Å². The fourth-order valence-corrected chi connectivity index (χ4v) is 1.89. The Hall–Kier alpha value is -0.820. The Bertz CT molecular complexity index is 316. The van der Waals surface area contributed by atoms with Crippen molar-refractivity contribution in [2.24, 2.45) is 0 Å². The highest BCUT2D eigenvalue weighted by Crippen LogP contribution is 2.18. The molecular formula is C14H23N. The predicted molar refractivity (Wildman–Crippen MR) is 67.3 cm³/mol. The van der Waals surface area contributed by atoms with Crippen LogP contribution in [-0.2, 0) is 6.54 Å². The molecule has 1 rings (SSSR count). The molecule has 0 saturated carbocycles. The highest BCUT2D eigenvalue weighted by molar-refractivity contribution is 5.37. The van der Waals surface area contributed by atoms with Crippen molar-refractivity contribution in [3.63, 3.8) is 0 Å². The summed E-state index contributed by atoms with van der Waals surface area (Å²) in [5.41, 5.74) is 5.68. The van der Waals surface area contributed by atoms with Crippen LogP contribution in [0.1, 0.15) is 36.1 Å². The second kappa shape index (κ2) is 4.80. The molecule has 0 bridgehead atoms. The smallest absolute Gasteiger partial charge is 0.0238 e. The van der Waals surface area contributed by atoms with Crippen molar-refractivity contribution in [2.75, 3.05) is 7.05 Å². The van der Waals surface area contributed by atoms with Crippen molar-refractivity contribution in [1.82, 2.24) is 4.90 Å². The van der Waals surface area contributed by atoms with Crippen molar-refractivity contribution in [1.29, 1.82) is 0 Å². The Labute approximate surface area is 94.1 Å². The van der Waals surface area contributed by atoms with Crippen molar-refractivity contribution >= 4 is 0 Å². The number of hydrogen-bond donors (Lipinski definition) is 0. The zero-order valence-corrected chi connectivity index (χ0v) is 10.9. The Balaban J connectivity index is 2.95. The van der Waals surface area contributed by atoms with Gasteiger partial charge in [-0.15, -0.1) is 0 Å². The van der Waals surface area contributed by atoms with Gasteiger partial charge in [0.1, 0.15) is 0 Å². The van der Waals surface area contributed by atoms with E-state index in [1.165, 1.54) is 22.3 Å². The number of rotatable bonds is 3. The largest absolute Gasteiger partial charge is 0.300 e. The minimum absolute atomic E-state index is 0.602. The fraction of sp³-hybridized carbons (Fsp3) is 0.571. The van der Waals surface area contributed by atoms with Gasteiger partial charge in [0.05, 0.1) is 0 Å². The molecule has 15 heavy (non-hydrogen) atoms. The first kappa shape index (κ1) is 12.3. The number of nitrogens with zero attached hydrogens (tertiary/aromatic N) is 1. The molecule has 1 aromatic carbocycles. The average molecular weight is 205 g/mol. The molecule has 0 saturated heterocycles. The summed E-state index contributed by atoms with van der Waals surface area (Å²) in [6.45, 7) is 12.1. The Morgan fingerprint density at radius 3 is 1.93 bits per heavy atom. The summed E-state index contributed by atoms with van der Waals surface area (Å²) in [7, 11) is 2.18. The van der Waals surface area contributed by atoms with Crippen LogP contribution in [0.5, 0.6) is 0 Å². The second-order valence-corrected chi connectivity index (χ2v) is 4.89. The quantitative estimate of drug-likeness (QED) is 0.730. The number of benzene rings is 1. The van der Waals surface area contributed by atoms with E-state index in [9.17, 15) is 0 Å². The molecule has 0 aliphatic carbocycles. The third-order valence-electron chi connectivity index (χ3n) is 3.13. The highest BCUT2D eigenvalue weighted by Gasteiger charge is 2.08. The van der Waals surface area contributed by atoms with E-state index in [2.05, 4.69) is 58.7 Å². The normalized spacial score (nSPS) is 11.5. The first-order chi connectivity index (χ1) is 6.91. The van der Waals surface area contributed by atoms with Gasteiger partial charge in [-0.2, -0.15) is 0 Å². The van der Waals surface area contributed by atoms with Gasteiger partial charge in [-0.05, 0) is 58.4 Å². The maximum Gasteiger partial charge on any atom is 0.0238 e. The summed E-state index contributed by atoms with van der Waals surface area (Å²) in [5, 5.41) is 0. The molecule has 0 amide bonds. The summed E-state index contributed by atoms with van der Waals surface area (Å²) in [6.07, 6.45) is 0. The lowest BCUT2D eigenvalue weighted by Crippen LogP contribution is -2.26. The molecule has 0 fully saturated rings. The third-order valence-corrected chi connectivity index (χ3v) is 3.13. The maximum atomic E-state index is 2.38. The summed E-state index contributed by atoms with van der Waals surface area (Å²) in [5.74, 6) is 0. The molecule has 1 heteroatoms. The molecule has 1 nitrogen and oxygen atoms in total. The second-order valence-electron chi connectivity index (χ2n) is 4.89. The van der Waals surface area contributed by atoms with E-state index >= 15 is 0 Å². The van der Waals surface area contributed by atoms with Crippen LogP contribution in [0.25, 0.3) is 0 Å². The van der Waals surface area contributed by atoms with E-state index in [1.54, 1.807) is 0 Å². The van der Waals surface area contributed by atoms with E-state index < -0.39 is 0 Å². The fourth-order valence-electron chi connectivity index (χ4n) is 1.89. The minimum Gasteiger partial charge on any atom is -0.300 e. The summed E-state index contributed by atoms with van der Waals surface area (Å²) >= 11 is 0. The van der Waals surface area contributed by atoms with Gasteiger partial charge in [-0.1, -0.05) is 17.7 Å². The van der Waals surface area contributed by atoms with Gasteiger partial charge in [0.15, 0.2) is 0 Å². The van der Waals surface area contributed by atoms with Crippen molar-refractivity contribution in [3.8, 4) is 0 Å². The standard InChI is InChI=1S/C14H23N/c1-10(2)15(6)9-14-12(4)7-11(3)8-13(14)5/h7-8,10H,9H2,1-6H3. The zero-order valence-electron chi connectivity index (χ0n) is 10.9. The molecule has 0 radical (unpaired) electrons. The number of aryl methyl sites for hydroxylation is 3. The van der Waals surface area contributed by atoms with Crippen molar-refractivity contribution in [3.05, 3.63) is 34.4 Å². The van der Waals surface area contributed by atoms with Crippen LogP contribution in [-0.4, -0.2) is 18.0 Å². The molecule has 0 heterocycles. The van der Waals surface area contributed by atoms with Crippen LogP contribution in [0.3, 0.4) is 0 Å². The van der Waals surface area contributed by atoms with Gasteiger partial charge in [-0.3, -0.25) is 4.90 Å². The van der Waals surface area contributed by atoms with Crippen LogP contribution < -0.4 is 0 Å². The highest BCUT2D eigenvalue weighted by atomic mass is 15.1. The number of hydrogen-bond acceptors (Lipinski definition) is 1. The molecule has 0 aromatic heterocycles. The van der Waals surface area contributed by atoms with Crippen molar-refractivity contribution in [2.45, 2.75) is 47.2 Å².